The molecule has 2 aromatic rings. The first kappa shape index (κ1) is 17.7. The minimum Gasteiger partial charge on any atom is -0.497 e. The summed E-state index contributed by atoms with van der Waals surface area (Å²) < 4.78 is 24.6. The molecule has 0 unspecified atom stereocenters. The third-order valence-corrected chi connectivity index (χ3v) is 4.34. The summed E-state index contributed by atoms with van der Waals surface area (Å²) in [6, 6.07) is 14.5. The average Bonchev–Trinajstić information content (AvgIpc) is 3.47. The number of aliphatic hydroxyl groups excluding tert-OH is 1. The Labute approximate surface area is 147 Å². The van der Waals surface area contributed by atoms with Crippen LogP contribution in [0.1, 0.15) is 18.4 Å². The summed E-state index contributed by atoms with van der Waals surface area (Å²) in [5.41, 5.74) is 0.665. The van der Waals surface area contributed by atoms with Gasteiger partial charge in [-0.25, -0.2) is 4.39 Å². The van der Waals surface area contributed by atoms with Crippen LogP contribution in [0.25, 0.3) is 0 Å². The van der Waals surface area contributed by atoms with Gasteiger partial charge in [0.1, 0.15) is 30.0 Å². The first-order chi connectivity index (χ1) is 12.2. The molecular formula is C20H24FNO3. The van der Waals surface area contributed by atoms with Gasteiger partial charge in [0, 0.05) is 24.7 Å². The van der Waals surface area contributed by atoms with E-state index in [1.165, 1.54) is 6.07 Å². The lowest BCUT2D eigenvalue weighted by Gasteiger charge is -2.25. The van der Waals surface area contributed by atoms with E-state index in [2.05, 4.69) is 4.90 Å². The third-order valence-electron chi connectivity index (χ3n) is 4.34. The van der Waals surface area contributed by atoms with Gasteiger partial charge in [0.15, 0.2) is 0 Å². The molecule has 25 heavy (non-hydrogen) atoms. The van der Waals surface area contributed by atoms with Gasteiger partial charge < -0.3 is 14.6 Å². The fourth-order valence-electron chi connectivity index (χ4n) is 2.82. The molecule has 0 spiro atoms. The van der Waals surface area contributed by atoms with Crippen molar-refractivity contribution in [2.45, 2.75) is 31.5 Å². The summed E-state index contributed by atoms with van der Waals surface area (Å²) in [7, 11) is 1.61. The molecule has 3 rings (SSSR count). The Morgan fingerprint density at radius 1 is 1.12 bits per heavy atom. The first-order valence-corrected chi connectivity index (χ1v) is 8.58. The normalized spacial score (nSPS) is 15.2. The Kier molecular flexibility index (Phi) is 5.89. The van der Waals surface area contributed by atoms with Crippen LogP contribution in [0.4, 0.5) is 4.39 Å². The Balaban J connectivity index is 1.52. The molecule has 0 saturated heterocycles. The van der Waals surface area contributed by atoms with E-state index in [4.69, 9.17) is 9.47 Å². The van der Waals surface area contributed by atoms with Crippen molar-refractivity contribution in [1.29, 1.82) is 0 Å². The van der Waals surface area contributed by atoms with Crippen molar-refractivity contribution >= 4 is 0 Å². The van der Waals surface area contributed by atoms with E-state index >= 15 is 0 Å². The second kappa shape index (κ2) is 8.32. The highest BCUT2D eigenvalue weighted by atomic mass is 19.1. The highest BCUT2D eigenvalue weighted by molar-refractivity contribution is 5.31. The van der Waals surface area contributed by atoms with E-state index in [1.807, 2.05) is 30.3 Å². The summed E-state index contributed by atoms with van der Waals surface area (Å²) in [6.07, 6.45) is 1.57. The fourth-order valence-corrected chi connectivity index (χ4v) is 2.82. The minimum atomic E-state index is -0.630. The SMILES string of the molecule is COc1ccc(OC[C@@H](O)CN(Cc2ccccc2F)C2CC2)cc1. The number of ether oxygens (including phenoxy) is 2. The van der Waals surface area contributed by atoms with Crippen molar-refractivity contribution in [3.8, 4) is 11.5 Å². The lowest BCUT2D eigenvalue weighted by molar-refractivity contribution is 0.0622. The molecule has 134 valence electrons. The summed E-state index contributed by atoms with van der Waals surface area (Å²) >= 11 is 0. The number of nitrogens with zero attached hydrogens (tertiary/aromatic N) is 1. The predicted molar refractivity (Wildman–Crippen MR) is 94.3 cm³/mol. The van der Waals surface area contributed by atoms with E-state index in [-0.39, 0.29) is 12.4 Å². The molecule has 1 N–H and O–H groups in total. The summed E-state index contributed by atoms with van der Waals surface area (Å²) in [5.74, 6) is 1.25. The fraction of sp³-hybridized carbons (Fsp3) is 0.400. The number of hydrogen-bond donors (Lipinski definition) is 1. The van der Waals surface area contributed by atoms with Crippen molar-refractivity contribution in [3.05, 3.63) is 59.9 Å². The van der Waals surface area contributed by atoms with Gasteiger partial charge in [0.25, 0.3) is 0 Å². The van der Waals surface area contributed by atoms with E-state index < -0.39 is 6.10 Å². The largest absolute Gasteiger partial charge is 0.497 e. The van der Waals surface area contributed by atoms with Crippen molar-refractivity contribution in [1.82, 2.24) is 4.90 Å². The van der Waals surface area contributed by atoms with Gasteiger partial charge in [-0.2, -0.15) is 0 Å². The van der Waals surface area contributed by atoms with Crippen LogP contribution in [0.5, 0.6) is 11.5 Å². The molecule has 0 bridgehead atoms. The summed E-state index contributed by atoms with van der Waals surface area (Å²) in [6.45, 7) is 1.18. The lowest BCUT2D eigenvalue weighted by Crippen LogP contribution is -2.36. The Bertz CT molecular complexity index is 673. The minimum absolute atomic E-state index is 0.197. The molecule has 0 heterocycles. The maximum absolute atomic E-state index is 13.9. The van der Waals surface area contributed by atoms with E-state index in [0.29, 0.717) is 30.4 Å². The van der Waals surface area contributed by atoms with Crippen LogP contribution in [0.2, 0.25) is 0 Å². The first-order valence-electron chi connectivity index (χ1n) is 8.58. The summed E-state index contributed by atoms with van der Waals surface area (Å²) in [4.78, 5) is 2.14. The second-order valence-electron chi connectivity index (χ2n) is 6.39. The molecule has 0 radical (unpaired) electrons. The second-order valence-corrected chi connectivity index (χ2v) is 6.39. The van der Waals surface area contributed by atoms with Gasteiger partial charge in [-0.15, -0.1) is 0 Å². The topological polar surface area (TPSA) is 41.9 Å². The van der Waals surface area contributed by atoms with Crippen LogP contribution in [-0.4, -0.2) is 42.4 Å². The van der Waals surface area contributed by atoms with Crippen molar-refractivity contribution < 1.29 is 19.0 Å². The molecule has 4 nitrogen and oxygen atoms in total. The van der Waals surface area contributed by atoms with Crippen LogP contribution < -0.4 is 9.47 Å². The van der Waals surface area contributed by atoms with Crippen molar-refractivity contribution in [3.63, 3.8) is 0 Å². The molecule has 1 aliphatic carbocycles. The highest BCUT2D eigenvalue weighted by Gasteiger charge is 2.30. The van der Waals surface area contributed by atoms with Gasteiger partial charge in [0.2, 0.25) is 0 Å². The number of hydrogen-bond acceptors (Lipinski definition) is 4. The van der Waals surface area contributed by atoms with E-state index in [1.54, 1.807) is 19.2 Å². The molecule has 1 fully saturated rings. The Morgan fingerprint density at radius 3 is 2.44 bits per heavy atom. The van der Waals surface area contributed by atoms with Crippen LogP contribution >= 0.6 is 0 Å². The van der Waals surface area contributed by atoms with Crippen LogP contribution in [0.3, 0.4) is 0 Å². The van der Waals surface area contributed by atoms with Gasteiger partial charge in [0.05, 0.1) is 7.11 Å². The van der Waals surface area contributed by atoms with Gasteiger partial charge in [-0.1, -0.05) is 18.2 Å². The van der Waals surface area contributed by atoms with E-state index in [0.717, 1.165) is 18.6 Å². The molecular weight excluding hydrogens is 321 g/mol. The maximum atomic E-state index is 13.9. The molecule has 0 aliphatic heterocycles. The number of benzene rings is 2. The van der Waals surface area contributed by atoms with E-state index in [9.17, 15) is 9.50 Å². The monoisotopic (exact) mass is 345 g/mol. The third kappa shape index (κ3) is 5.18. The zero-order chi connectivity index (χ0) is 17.6. The number of rotatable bonds is 9. The molecule has 0 aromatic heterocycles. The smallest absolute Gasteiger partial charge is 0.127 e. The molecule has 1 atom stereocenters. The number of aliphatic hydroxyl groups is 1. The number of methoxy groups -OCH3 is 1. The molecule has 1 aliphatic rings. The highest BCUT2D eigenvalue weighted by Crippen LogP contribution is 2.29. The van der Waals surface area contributed by atoms with Gasteiger partial charge in [-0.3, -0.25) is 4.90 Å². The zero-order valence-corrected chi connectivity index (χ0v) is 14.4. The van der Waals surface area contributed by atoms with Crippen LogP contribution in [0, 0.1) is 5.82 Å². The number of halogens is 1. The molecule has 5 heteroatoms. The quantitative estimate of drug-likeness (QED) is 0.758. The standard InChI is InChI=1S/C20H24FNO3/c1-24-18-8-10-19(11-9-18)25-14-17(23)13-22(16-6-7-16)12-15-4-2-3-5-20(15)21/h2-5,8-11,16-17,23H,6-7,12-14H2,1H3/t17-/m0/s1. The zero-order valence-electron chi connectivity index (χ0n) is 14.4. The van der Waals surface area contributed by atoms with Crippen LogP contribution in [0.15, 0.2) is 48.5 Å². The van der Waals surface area contributed by atoms with Crippen molar-refractivity contribution in [2.24, 2.45) is 0 Å². The summed E-state index contributed by atoms with van der Waals surface area (Å²) in [5, 5.41) is 10.3. The van der Waals surface area contributed by atoms with Crippen molar-refractivity contribution in [2.75, 3.05) is 20.3 Å². The Hall–Kier alpha value is -2.11. The Morgan fingerprint density at radius 2 is 1.80 bits per heavy atom. The predicted octanol–water partition coefficient (Wildman–Crippen LogP) is 3.24. The van der Waals surface area contributed by atoms with Gasteiger partial charge >= 0.3 is 0 Å². The van der Waals surface area contributed by atoms with Crippen LogP contribution in [-0.2, 0) is 6.54 Å². The molecule has 1 saturated carbocycles. The maximum Gasteiger partial charge on any atom is 0.127 e. The molecule has 0 amide bonds. The lowest BCUT2D eigenvalue weighted by atomic mass is 10.2. The average molecular weight is 345 g/mol. The molecule has 2 aromatic carbocycles. The van der Waals surface area contributed by atoms with Gasteiger partial charge in [-0.05, 0) is 43.2 Å².